The molecule has 2 N–H and O–H groups in total. The van der Waals surface area contributed by atoms with Gasteiger partial charge >= 0.3 is 5.97 Å². The van der Waals surface area contributed by atoms with Crippen molar-refractivity contribution in [2.24, 2.45) is 0 Å². The lowest BCUT2D eigenvalue weighted by atomic mass is 10.2. The third-order valence-electron chi connectivity index (χ3n) is 2.80. The first-order valence-electron chi connectivity index (χ1n) is 6.11. The smallest absolute Gasteiger partial charge is 0.335 e. The van der Waals surface area contributed by atoms with Crippen LogP contribution in [0.5, 0.6) is 0 Å². The third kappa shape index (κ3) is 3.97. The fourth-order valence-corrected chi connectivity index (χ4v) is 3.08. The van der Waals surface area contributed by atoms with E-state index < -0.39 is 32.7 Å². The molecule has 116 valence electrons. The molecule has 0 aromatic heterocycles. The van der Waals surface area contributed by atoms with Crippen molar-refractivity contribution in [3.63, 3.8) is 0 Å². The van der Waals surface area contributed by atoms with Crippen LogP contribution in [0, 0.1) is 5.82 Å². The lowest BCUT2D eigenvalue weighted by Gasteiger charge is -2.16. The van der Waals surface area contributed by atoms with Gasteiger partial charge in [-0.3, -0.25) is 0 Å². The van der Waals surface area contributed by atoms with E-state index in [-0.39, 0.29) is 18.8 Å². The van der Waals surface area contributed by atoms with Crippen LogP contribution in [-0.2, 0) is 19.5 Å². The number of sulfonamides is 1. The number of halogens is 1. The van der Waals surface area contributed by atoms with Gasteiger partial charge in [0.05, 0.1) is 38.0 Å². The van der Waals surface area contributed by atoms with Gasteiger partial charge in [0.25, 0.3) is 0 Å². The Balaban J connectivity index is 2.20. The molecule has 0 unspecified atom stereocenters. The number of carboxylic acid groups (broad SMARTS) is 1. The molecule has 1 saturated heterocycles. The first kappa shape index (κ1) is 15.8. The van der Waals surface area contributed by atoms with Crippen LogP contribution >= 0.6 is 0 Å². The molecule has 1 fully saturated rings. The number of hydrogen-bond donors (Lipinski definition) is 2. The van der Waals surface area contributed by atoms with Gasteiger partial charge in [-0.25, -0.2) is 22.3 Å². The summed E-state index contributed by atoms with van der Waals surface area (Å²) in [6.45, 7) is 0.960. The predicted octanol–water partition coefficient (Wildman–Crippen LogP) is 0.218. The molecule has 0 atom stereocenters. The first-order valence-corrected chi connectivity index (χ1v) is 7.59. The average molecular weight is 319 g/mol. The van der Waals surface area contributed by atoms with E-state index >= 15 is 0 Å². The monoisotopic (exact) mass is 319 g/mol. The Hall–Kier alpha value is -1.55. The topological polar surface area (TPSA) is 102 Å². The number of hydrogen-bond acceptors (Lipinski definition) is 5. The van der Waals surface area contributed by atoms with E-state index in [1.807, 2.05) is 0 Å². The van der Waals surface area contributed by atoms with Crippen LogP contribution < -0.4 is 4.72 Å². The van der Waals surface area contributed by atoms with E-state index in [4.69, 9.17) is 14.6 Å². The number of rotatable bonds is 4. The van der Waals surface area contributed by atoms with Gasteiger partial charge in [-0.05, 0) is 18.2 Å². The quantitative estimate of drug-likeness (QED) is 0.823. The number of carboxylic acids is 1. The minimum absolute atomic E-state index is 0.119. The van der Waals surface area contributed by atoms with Gasteiger partial charge in [-0.15, -0.1) is 0 Å². The normalized spacial score (nSPS) is 17.4. The van der Waals surface area contributed by atoms with E-state index in [1.165, 1.54) is 0 Å². The number of aromatic carboxylic acids is 1. The van der Waals surface area contributed by atoms with Crippen molar-refractivity contribution < 1.29 is 32.2 Å². The summed E-state index contributed by atoms with van der Waals surface area (Å²) in [4.78, 5) is 10.1. The van der Waals surface area contributed by atoms with Gasteiger partial charge < -0.3 is 14.6 Å². The van der Waals surface area contributed by atoms with Crippen molar-refractivity contribution in [3.8, 4) is 0 Å². The highest BCUT2D eigenvalue weighted by Gasteiger charge is 2.25. The Morgan fingerprint density at radius 2 is 1.90 bits per heavy atom. The molecule has 0 saturated carbocycles. The molecule has 0 spiro atoms. The second-order valence-electron chi connectivity index (χ2n) is 4.42. The second-order valence-corrected chi connectivity index (χ2v) is 6.10. The predicted molar refractivity (Wildman–Crippen MR) is 69.1 cm³/mol. The molecule has 1 aromatic rings. The maximum atomic E-state index is 13.8. The van der Waals surface area contributed by atoms with Crippen molar-refractivity contribution in [2.45, 2.75) is 10.9 Å². The molecule has 0 radical (unpaired) electrons. The maximum Gasteiger partial charge on any atom is 0.335 e. The zero-order valence-electron chi connectivity index (χ0n) is 10.9. The summed E-state index contributed by atoms with van der Waals surface area (Å²) in [5, 5.41) is 8.73. The number of nitrogens with one attached hydrogen (secondary N) is 1. The molecule has 1 aromatic carbocycles. The van der Waals surface area contributed by atoms with Gasteiger partial charge in [-0.1, -0.05) is 0 Å². The summed E-state index contributed by atoms with van der Waals surface area (Å²) in [6.07, 6.45) is 0. The SMILES string of the molecule is O=C(O)c1ccc(S(=O)(=O)NC2COCCOC2)c(F)c1. The number of ether oxygens (including phenoxy) is 2. The highest BCUT2D eigenvalue weighted by Crippen LogP contribution is 2.17. The van der Waals surface area contributed by atoms with E-state index in [0.29, 0.717) is 19.3 Å². The molecule has 1 aliphatic rings. The lowest BCUT2D eigenvalue weighted by molar-refractivity contribution is 0.0696. The summed E-state index contributed by atoms with van der Waals surface area (Å²) < 4.78 is 50.6. The zero-order chi connectivity index (χ0) is 15.5. The highest BCUT2D eigenvalue weighted by atomic mass is 32.2. The second kappa shape index (κ2) is 6.48. The molecule has 1 heterocycles. The minimum atomic E-state index is -4.13. The van der Waals surface area contributed by atoms with E-state index in [0.717, 1.165) is 12.1 Å². The fraction of sp³-hybridized carbons (Fsp3) is 0.417. The zero-order valence-corrected chi connectivity index (χ0v) is 11.7. The Bertz CT molecular complexity index is 625. The maximum absolute atomic E-state index is 13.8. The Labute approximate surface area is 120 Å². The Morgan fingerprint density at radius 3 is 2.43 bits per heavy atom. The molecule has 9 heteroatoms. The summed E-state index contributed by atoms with van der Waals surface area (Å²) in [5.74, 6) is -2.46. The van der Waals surface area contributed by atoms with Crippen molar-refractivity contribution in [1.29, 1.82) is 0 Å². The Kier molecular flexibility index (Phi) is 4.88. The van der Waals surface area contributed by atoms with Crippen molar-refractivity contribution in [3.05, 3.63) is 29.6 Å². The van der Waals surface area contributed by atoms with Crippen molar-refractivity contribution >= 4 is 16.0 Å². The summed E-state index contributed by atoms with van der Waals surface area (Å²) in [6, 6.07) is 1.98. The van der Waals surface area contributed by atoms with Gasteiger partial charge in [0.1, 0.15) is 10.7 Å². The molecular formula is C12H14FNO6S. The van der Waals surface area contributed by atoms with Crippen LogP contribution in [0.3, 0.4) is 0 Å². The molecule has 21 heavy (non-hydrogen) atoms. The standard InChI is InChI=1S/C12H14FNO6S/c13-10-5-8(12(15)16)1-2-11(10)21(17,18)14-9-6-19-3-4-20-7-9/h1-2,5,9,14H,3-4,6-7H2,(H,15,16). The summed E-state index contributed by atoms with van der Waals surface area (Å²) in [7, 11) is -4.13. The molecule has 7 nitrogen and oxygen atoms in total. The highest BCUT2D eigenvalue weighted by molar-refractivity contribution is 7.89. The van der Waals surface area contributed by atoms with E-state index in [1.54, 1.807) is 0 Å². The molecule has 2 rings (SSSR count). The average Bonchev–Trinajstić information content (AvgIpc) is 2.66. The van der Waals surface area contributed by atoms with Crippen molar-refractivity contribution in [2.75, 3.05) is 26.4 Å². The van der Waals surface area contributed by atoms with Crippen LogP contribution in [-0.4, -0.2) is 52.0 Å². The molecule has 1 aliphatic heterocycles. The van der Waals surface area contributed by atoms with E-state index in [2.05, 4.69) is 4.72 Å². The molecule has 0 bridgehead atoms. The van der Waals surface area contributed by atoms with Crippen LogP contribution in [0.25, 0.3) is 0 Å². The molecule has 0 aliphatic carbocycles. The van der Waals surface area contributed by atoms with Gasteiger partial charge in [-0.2, -0.15) is 0 Å². The fourth-order valence-electron chi connectivity index (χ4n) is 1.82. The molecule has 0 amide bonds. The van der Waals surface area contributed by atoms with Crippen molar-refractivity contribution in [1.82, 2.24) is 4.72 Å². The van der Waals surface area contributed by atoms with Gasteiger partial charge in [0, 0.05) is 0 Å². The van der Waals surface area contributed by atoms with Crippen LogP contribution in [0.4, 0.5) is 4.39 Å². The number of carbonyl (C=O) groups is 1. The number of benzene rings is 1. The Morgan fingerprint density at radius 1 is 1.29 bits per heavy atom. The van der Waals surface area contributed by atoms with Crippen LogP contribution in [0.1, 0.15) is 10.4 Å². The van der Waals surface area contributed by atoms with Gasteiger partial charge in [0.15, 0.2) is 0 Å². The third-order valence-corrected chi connectivity index (χ3v) is 4.35. The van der Waals surface area contributed by atoms with Gasteiger partial charge in [0.2, 0.25) is 10.0 Å². The lowest BCUT2D eigenvalue weighted by Crippen LogP contribution is -2.40. The van der Waals surface area contributed by atoms with Crippen LogP contribution in [0.2, 0.25) is 0 Å². The largest absolute Gasteiger partial charge is 0.478 e. The summed E-state index contributed by atoms with van der Waals surface area (Å²) >= 11 is 0. The first-order chi connectivity index (χ1) is 9.90. The minimum Gasteiger partial charge on any atom is -0.478 e. The van der Waals surface area contributed by atoms with E-state index in [9.17, 15) is 17.6 Å². The molecular weight excluding hydrogens is 305 g/mol. The van der Waals surface area contributed by atoms with Crippen LogP contribution in [0.15, 0.2) is 23.1 Å². The summed E-state index contributed by atoms with van der Waals surface area (Å²) in [5.41, 5.74) is -0.326.